The molecule has 0 bridgehead atoms. The van der Waals surface area contributed by atoms with E-state index in [0.29, 0.717) is 32.9 Å². The number of morpholine rings is 1. The Morgan fingerprint density at radius 2 is 1.79 bits per heavy atom. The van der Waals surface area contributed by atoms with Crippen molar-refractivity contribution in [3.63, 3.8) is 0 Å². The van der Waals surface area contributed by atoms with Crippen LogP contribution in [0.15, 0.2) is 54.6 Å². The van der Waals surface area contributed by atoms with Gasteiger partial charge >= 0.3 is 0 Å². The summed E-state index contributed by atoms with van der Waals surface area (Å²) in [5, 5.41) is 3.16. The molecule has 28 heavy (non-hydrogen) atoms. The molecule has 2 aromatic rings. The van der Waals surface area contributed by atoms with E-state index in [2.05, 4.69) is 5.32 Å². The van der Waals surface area contributed by atoms with Crippen LogP contribution in [0.2, 0.25) is 0 Å². The van der Waals surface area contributed by atoms with Gasteiger partial charge in [0.05, 0.1) is 13.2 Å². The highest BCUT2D eigenvalue weighted by molar-refractivity contribution is 5.85. The first-order chi connectivity index (χ1) is 13.2. The highest BCUT2D eigenvalue weighted by Gasteiger charge is 2.24. The molecule has 0 aromatic heterocycles. The molecule has 1 aliphatic heterocycles. The molecule has 2 aromatic carbocycles. The van der Waals surface area contributed by atoms with E-state index in [0.717, 1.165) is 23.6 Å². The predicted molar refractivity (Wildman–Crippen MR) is 110 cm³/mol. The number of benzene rings is 2. The van der Waals surface area contributed by atoms with Gasteiger partial charge in [0.2, 0.25) is 0 Å². The lowest BCUT2D eigenvalue weighted by atomic mass is 10.2. The summed E-state index contributed by atoms with van der Waals surface area (Å²) in [6.45, 7) is 3.39. The molecule has 6 nitrogen and oxygen atoms in total. The second kappa shape index (κ2) is 11.5. The van der Waals surface area contributed by atoms with Gasteiger partial charge in [0, 0.05) is 20.1 Å². The summed E-state index contributed by atoms with van der Waals surface area (Å²) in [7, 11) is 1.77. The van der Waals surface area contributed by atoms with Crippen molar-refractivity contribution in [1.29, 1.82) is 0 Å². The number of nitrogens with zero attached hydrogens (tertiary/aromatic N) is 1. The van der Waals surface area contributed by atoms with Crippen molar-refractivity contribution < 1.29 is 19.0 Å². The Kier molecular flexibility index (Phi) is 9.07. The molecular formula is C21H27ClN2O4. The number of likely N-dealkylation sites (N-methyl/N-ethyl adjacent to an activating group) is 1. The molecule has 0 saturated carbocycles. The van der Waals surface area contributed by atoms with Crippen LogP contribution in [0.25, 0.3) is 0 Å². The third-order valence-electron chi connectivity index (χ3n) is 4.35. The fourth-order valence-electron chi connectivity index (χ4n) is 2.75. The van der Waals surface area contributed by atoms with Gasteiger partial charge in [0.25, 0.3) is 5.91 Å². The zero-order chi connectivity index (χ0) is 18.9. The largest absolute Gasteiger partial charge is 0.492 e. The Balaban J connectivity index is 0.00000280. The molecule has 1 heterocycles. The van der Waals surface area contributed by atoms with Crippen LogP contribution in [0.3, 0.4) is 0 Å². The summed E-state index contributed by atoms with van der Waals surface area (Å²) in [6.07, 6.45) is -0.398. The minimum Gasteiger partial charge on any atom is -0.492 e. The van der Waals surface area contributed by atoms with E-state index in [4.69, 9.17) is 14.2 Å². The summed E-state index contributed by atoms with van der Waals surface area (Å²) in [5.41, 5.74) is 1.13. The number of carbonyl (C=O) groups excluding carboxylic acids is 1. The lowest BCUT2D eigenvalue weighted by Crippen LogP contribution is -2.49. The molecule has 3 rings (SSSR count). The van der Waals surface area contributed by atoms with Crippen molar-refractivity contribution >= 4 is 18.3 Å². The van der Waals surface area contributed by atoms with Crippen molar-refractivity contribution in [2.75, 3.05) is 39.9 Å². The normalized spacial score (nSPS) is 16.0. The molecule has 0 radical (unpaired) electrons. The van der Waals surface area contributed by atoms with Gasteiger partial charge in [-0.1, -0.05) is 30.3 Å². The van der Waals surface area contributed by atoms with Gasteiger partial charge in [-0.3, -0.25) is 4.79 Å². The minimum atomic E-state index is -0.398. The van der Waals surface area contributed by atoms with Gasteiger partial charge in [-0.15, -0.1) is 12.4 Å². The number of rotatable bonds is 8. The number of carbonyl (C=O) groups is 1. The van der Waals surface area contributed by atoms with Crippen LogP contribution in [0.1, 0.15) is 5.56 Å². The number of amides is 1. The summed E-state index contributed by atoms with van der Waals surface area (Å²) >= 11 is 0. The summed E-state index contributed by atoms with van der Waals surface area (Å²) in [6, 6.07) is 17.5. The highest BCUT2D eigenvalue weighted by atomic mass is 35.5. The molecule has 1 saturated heterocycles. The first-order valence-electron chi connectivity index (χ1n) is 9.19. The molecule has 1 fully saturated rings. The van der Waals surface area contributed by atoms with E-state index in [-0.39, 0.29) is 18.3 Å². The summed E-state index contributed by atoms with van der Waals surface area (Å²) < 4.78 is 17.0. The second-order valence-electron chi connectivity index (χ2n) is 6.42. The van der Waals surface area contributed by atoms with Gasteiger partial charge < -0.3 is 24.4 Å². The van der Waals surface area contributed by atoms with Crippen LogP contribution in [0, 0.1) is 0 Å². The van der Waals surface area contributed by atoms with E-state index in [9.17, 15) is 4.79 Å². The number of halogens is 1. The Morgan fingerprint density at radius 1 is 1.11 bits per heavy atom. The maximum Gasteiger partial charge on any atom is 0.252 e. The monoisotopic (exact) mass is 406 g/mol. The first kappa shape index (κ1) is 22.0. The Labute approximate surface area is 172 Å². The van der Waals surface area contributed by atoms with Crippen LogP contribution in [-0.2, 0) is 16.1 Å². The molecule has 1 N–H and O–H groups in total. The van der Waals surface area contributed by atoms with Crippen molar-refractivity contribution in [2.45, 2.75) is 12.7 Å². The smallest absolute Gasteiger partial charge is 0.252 e. The Hall–Kier alpha value is -2.28. The highest BCUT2D eigenvalue weighted by Crippen LogP contribution is 2.18. The molecule has 7 heteroatoms. The van der Waals surface area contributed by atoms with E-state index < -0.39 is 6.10 Å². The van der Waals surface area contributed by atoms with Crippen molar-refractivity contribution in [1.82, 2.24) is 10.2 Å². The SMILES string of the molecule is CN(CCOc1ccc(OCc2ccccc2)cc1)C(=O)C1CNCCO1.Cl. The Morgan fingerprint density at radius 3 is 2.43 bits per heavy atom. The topological polar surface area (TPSA) is 60.0 Å². The van der Waals surface area contributed by atoms with Crippen LogP contribution >= 0.6 is 12.4 Å². The average Bonchev–Trinajstić information content (AvgIpc) is 2.74. The molecule has 1 aliphatic rings. The molecule has 1 unspecified atom stereocenters. The van der Waals surface area contributed by atoms with Gasteiger partial charge in [-0.25, -0.2) is 0 Å². The van der Waals surface area contributed by atoms with Crippen LogP contribution in [-0.4, -0.2) is 56.8 Å². The second-order valence-corrected chi connectivity index (χ2v) is 6.42. The van der Waals surface area contributed by atoms with E-state index in [1.165, 1.54) is 0 Å². The zero-order valence-corrected chi connectivity index (χ0v) is 16.8. The third kappa shape index (κ3) is 6.71. The molecular weight excluding hydrogens is 380 g/mol. The lowest BCUT2D eigenvalue weighted by Gasteiger charge is -2.27. The third-order valence-corrected chi connectivity index (χ3v) is 4.35. The van der Waals surface area contributed by atoms with Crippen LogP contribution < -0.4 is 14.8 Å². The average molecular weight is 407 g/mol. The predicted octanol–water partition coefficient (Wildman–Crippen LogP) is 2.51. The first-order valence-corrected chi connectivity index (χ1v) is 9.19. The van der Waals surface area contributed by atoms with Gasteiger partial charge in [0.15, 0.2) is 0 Å². The Bertz CT molecular complexity index is 706. The minimum absolute atomic E-state index is 0. The summed E-state index contributed by atoms with van der Waals surface area (Å²) in [4.78, 5) is 13.9. The molecule has 0 spiro atoms. The van der Waals surface area contributed by atoms with Crippen molar-refractivity contribution in [3.05, 3.63) is 60.2 Å². The molecule has 1 amide bonds. The lowest BCUT2D eigenvalue weighted by molar-refractivity contribution is -0.144. The standard InChI is InChI=1S/C21H26N2O4.ClH/c1-23(21(24)20-15-22-11-13-26-20)12-14-25-18-7-9-19(10-8-18)27-16-17-5-3-2-4-6-17;/h2-10,20,22H,11-16H2,1H3;1H. The number of ether oxygens (including phenoxy) is 3. The van der Waals surface area contributed by atoms with Crippen LogP contribution in [0.4, 0.5) is 0 Å². The van der Waals surface area contributed by atoms with E-state index in [1.807, 2.05) is 54.6 Å². The number of hydrogen-bond donors (Lipinski definition) is 1. The molecule has 0 aliphatic carbocycles. The fraction of sp³-hybridized carbons (Fsp3) is 0.381. The van der Waals surface area contributed by atoms with E-state index >= 15 is 0 Å². The van der Waals surface area contributed by atoms with E-state index in [1.54, 1.807) is 11.9 Å². The van der Waals surface area contributed by atoms with Crippen LogP contribution in [0.5, 0.6) is 11.5 Å². The van der Waals surface area contributed by atoms with Crippen molar-refractivity contribution in [2.24, 2.45) is 0 Å². The molecule has 1 atom stereocenters. The zero-order valence-electron chi connectivity index (χ0n) is 16.0. The number of hydrogen-bond acceptors (Lipinski definition) is 5. The fourth-order valence-corrected chi connectivity index (χ4v) is 2.75. The molecule has 152 valence electrons. The van der Waals surface area contributed by atoms with Crippen molar-refractivity contribution in [3.8, 4) is 11.5 Å². The quantitative estimate of drug-likeness (QED) is 0.730. The van der Waals surface area contributed by atoms with Gasteiger partial charge in [0.1, 0.15) is 30.8 Å². The van der Waals surface area contributed by atoms with Gasteiger partial charge in [-0.2, -0.15) is 0 Å². The maximum atomic E-state index is 12.3. The van der Waals surface area contributed by atoms with Gasteiger partial charge in [-0.05, 0) is 29.8 Å². The maximum absolute atomic E-state index is 12.3. The summed E-state index contributed by atoms with van der Waals surface area (Å²) in [5.74, 6) is 1.52. The number of nitrogens with one attached hydrogen (secondary N) is 1.